The lowest BCUT2D eigenvalue weighted by molar-refractivity contribution is -0.119. The summed E-state index contributed by atoms with van der Waals surface area (Å²) < 4.78 is 0. The SMILES string of the molecule is CNC(=O)Cc1ccc(NC(=O)N[C@@H](C)Cc2ccc(C)s2)cc1. The zero-order valence-electron chi connectivity index (χ0n) is 14.2. The van der Waals surface area contributed by atoms with Crippen LogP contribution in [-0.2, 0) is 17.6 Å². The Morgan fingerprint density at radius 1 is 1.12 bits per heavy atom. The quantitative estimate of drug-likeness (QED) is 0.753. The number of nitrogens with one attached hydrogen (secondary N) is 3. The van der Waals surface area contributed by atoms with Gasteiger partial charge in [0, 0.05) is 35.0 Å². The predicted octanol–water partition coefficient (Wildman–Crippen LogP) is 3.10. The van der Waals surface area contributed by atoms with Crippen LogP contribution >= 0.6 is 11.3 Å². The highest BCUT2D eigenvalue weighted by Gasteiger charge is 2.09. The largest absolute Gasteiger partial charge is 0.359 e. The number of amides is 3. The molecule has 0 aliphatic heterocycles. The van der Waals surface area contributed by atoms with E-state index in [0.717, 1.165) is 12.0 Å². The van der Waals surface area contributed by atoms with Gasteiger partial charge in [-0.1, -0.05) is 12.1 Å². The number of aryl methyl sites for hydroxylation is 1. The first-order chi connectivity index (χ1) is 11.5. The molecule has 6 heteroatoms. The summed E-state index contributed by atoms with van der Waals surface area (Å²) in [6.45, 7) is 4.06. The van der Waals surface area contributed by atoms with Crippen LogP contribution in [0.15, 0.2) is 36.4 Å². The lowest BCUT2D eigenvalue weighted by Crippen LogP contribution is -2.37. The van der Waals surface area contributed by atoms with Crippen LogP contribution in [0.5, 0.6) is 0 Å². The molecule has 3 N–H and O–H groups in total. The molecular formula is C18H23N3O2S. The number of benzene rings is 1. The predicted molar refractivity (Wildman–Crippen MR) is 98.6 cm³/mol. The Morgan fingerprint density at radius 3 is 2.42 bits per heavy atom. The number of anilines is 1. The van der Waals surface area contributed by atoms with E-state index in [9.17, 15) is 9.59 Å². The van der Waals surface area contributed by atoms with Crippen molar-refractivity contribution in [2.24, 2.45) is 0 Å². The molecule has 1 aromatic carbocycles. The van der Waals surface area contributed by atoms with Gasteiger partial charge in [0.15, 0.2) is 0 Å². The van der Waals surface area contributed by atoms with Crippen LogP contribution in [0.1, 0.15) is 22.2 Å². The van der Waals surface area contributed by atoms with Crippen molar-refractivity contribution < 1.29 is 9.59 Å². The fourth-order valence-corrected chi connectivity index (χ4v) is 3.34. The van der Waals surface area contributed by atoms with Gasteiger partial charge in [-0.3, -0.25) is 4.79 Å². The Kier molecular flexibility index (Phi) is 6.37. The lowest BCUT2D eigenvalue weighted by atomic mass is 10.1. The van der Waals surface area contributed by atoms with E-state index >= 15 is 0 Å². The van der Waals surface area contributed by atoms with Gasteiger partial charge in [-0.2, -0.15) is 0 Å². The average Bonchev–Trinajstić information content (AvgIpc) is 2.93. The molecule has 1 aromatic heterocycles. The molecule has 2 aromatic rings. The molecule has 1 atom stereocenters. The highest BCUT2D eigenvalue weighted by molar-refractivity contribution is 7.11. The van der Waals surface area contributed by atoms with E-state index in [-0.39, 0.29) is 18.0 Å². The molecule has 0 saturated carbocycles. The number of rotatable bonds is 6. The molecule has 0 unspecified atom stereocenters. The van der Waals surface area contributed by atoms with E-state index in [4.69, 9.17) is 0 Å². The molecule has 128 valence electrons. The van der Waals surface area contributed by atoms with Gasteiger partial charge in [-0.05, 0) is 43.7 Å². The van der Waals surface area contributed by atoms with E-state index in [2.05, 4.69) is 35.0 Å². The van der Waals surface area contributed by atoms with Crippen molar-refractivity contribution in [3.8, 4) is 0 Å². The summed E-state index contributed by atoms with van der Waals surface area (Å²) in [5.74, 6) is -0.0360. The molecule has 0 bridgehead atoms. The Balaban J connectivity index is 1.82. The fourth-order valence-electron chi connectivity index (χ4n) is 2.32. The summed E-state index contributed by atoms with van der Waals surface area (Å²) in [6, 6.07) is 11.3. The molecule has 0 spiro atoms. The Labute approximate surface area is 146 Å². The molecule has 1 heterocycles. The van der Waals surface area contributed by atoms with Gasteiger partial charge in [-0.15, -0.1) is 11.3 Å². The van der Waals surface area contributed by atoms with Crippen LogP contribution in [0.2, 0.25) is 0 Å². The highest BCUT2D eigenvalue weighted by Crippen LogP contribution is 2.17. The Hall–Kier alpha value is -2.34. The summed E-state index contributed by atoms with van der Waals surface area (Å²) in [5, 5.41) is 8.33. The van der Waals surface area contributed by atoms with Crippen molar-refractivity contribution in [2.45, 2.75) is 32.7 Å². The second-order valence-electron chi connectivity index (χ2n) is 5.76. The van der Waals surface area contributed by atoms with Gasteiger partial charge in [0.1, 0.15) is 0 Å². The molecule has 0 aliphatic carbocycles. The van der Waals surface area contributed by atoms with Crippen LogP contribution in [0.25, 0.3) is 0 Å². The third-order valence-electron chi connectivity index (χ3n) is 3.54. The number of hydrogen-bond acceptors (Lipinski definition) is 3. The minimum absolute atomic E-state index is 0.0360. The van der Waals surface area contributed by atoms with Crippen LogP contribution in [-0.4, -0.2) is 25.0 Å². The van der Waals surface area contributed by atoms with Gasteiger partial charge in [-0.25, -0.2) is 4.79 Å². The Morgan fingerprint density at radius 2 is 1.83 bits per heavy atom. The molecule has 0 saturated heterocycles. The summed E-state index contributed by atoms with van der Waals surface area (Å²) >= 11 is 1.75. The zero-order chi connectivity index (χ0) is 17.5. The van der Waals surface area contributed by atoms with Crippen molar-refractivity contribution in [3.63, 3.8) is 0 Å². The second kappa shape index (κ2) is 8.49. The minimum atomic E-state index is -0.227. The van der Waals surface area contributed by atoms with Crippen molar-refractivity contribution in [1.29, 1.82) is 0 Å². The van der Waals surface area contributed by atoms with Crippen LogP contribution < -0.4 is 16.0 Å². The second-order valence-corrected chi connectivity index (χ2v) is 7.14. The van der Waals surface area contributed by atoms with E-state index < -0.39 is 0 Å². The maximum absolute atomic E-state index is 12.0. The van der Waals surface area contributed by atoms with Crippen LogP contribution in [0.4, 0.5) is 10.5 Å². The van der Waals surface area contributed by atoms with Crippen molar-refractivity contribution in [3.05, 3.63) is 51.7 Å². The first-order valence-electron chi connectivity index (χ1n) is 7.88. The molecule has 0 radical (unpaired) electrons. The lowest BCUT2D eigenvalue weighted by Gasteiger charge is -2.14. The molecule has 3 amide bonds. The third-order valence-corrected chi connectivity index (χ3v) is 4.56. The van der Waals surface area contributed by atoms with E-state index in [1.165, 1.54) is 9.75 Å². The van der Waals surface area contributed by atoms with Crippen LogP contribution in [0, 0.1) is 6.92 Å². The number of likely N-dealkylation sites (N-methyl/N-ethyl adjacent to an activating group) is 1. The van der Waals surface area contributed by atoms with Gasteiger partial charge < -0.3 is 16.0 Å². The number of thiophene rings is 1. The van der Waals surface area contributed by atoms with E-state index in [0.29, 0.717) is 12.1 Å². The molecular weight excluding hydrogens is 322 g/mol. The molecule has 0 fully saturated rings. The first kappa shape index (κ1) is 18.0. The van der Waals surface area contributed by atoms with Crippen molar-refractivity contribution in [1.82, 2.24) is 10.6 Å². The number of carbonyl (C=O) groups excluding carboxylic acids is 2. The van der Waals surface area contributed by atoms with Gasteiger partial charge in [0.05, 0.1) is 6.42 Å². The molecule has 5 nitrogen and oxygen atoms in total. The van der Waals surface area contributed by atoms with Gasteiger partial charge >= 0.3 is 6.03 Å². The number of carbonyl (C=O) groups is 2. The molecule has 0 aliphatic rings. The summed E-state index contributed by atoms with van der Waals surface area (Å²) in [7, 11) is 1.61. The van der Waals surface area contributed by atoms with E-state index in [1.54, 1.807) is 30.5 Å². The fraction of sp³-hybridized carbons (Fsp3) is 0.333. The minimum Gasteiger partial charge on any atom is -0.359 e. The summed E-state index contributed by atoms with van der Waals surface area (Å²) in [4.78, 5) is 25.9. The van der Waals surface area contributed by atoms with Gasteiger partial charge in [0.25, 0.3) is 0 Å². The number of urea groups is 1. The average molecular weight is 345 g/mol. The Bertz CT molecular complexity index is 695. The van der Waals surface area contributed by atoms with Crippen molar-refractivity contribution >= 4 is 29.0 Å². The normalized spacial score (nSPS) is 11.6. The summed E-state index contributed by atoms with van der Waals surface area (Å²) in [6.07, 6.45) is 1.15. The first-order valence-corrected chi connectivity index (χ1v) is 8.70. The topological polar surface area (TPSA) is 70.2 Å². The zero-order valence-corrected chi connectivity index (χ0v) is 15.0. The molecule has 24 heavy (non-hydrogen) atoms. The standard InChI is InChI=1S/C18H23N3O2S/c1-12(10-16-9-4-13(2)24-16)20-18(23)21-15-7-5-14(6-8-15)11-17(22)19-3/h4-9,12H,10-11H2,1-3H3,(H,19,22)(H2,20,21,23)/t12-/m0/s1. The third kappa shape index (κ3) is 5.70. The number of hydrogen-bond donors (Lipinski definition) is 3. The monoisotopic (exact) mass is 345 g/mol. The van der Waals surface area contributed by atoms with E-state index in [1.807, 2.05) is 19.1 Å². The maximum Gasteiger partial charge on any atom is 0.319 e. The maximum atomic E-state index is 12.0. The van der Waals surface area contributed by atoms with Crippen LogP contribution in [0.3, 0.4) is 0 Å². The van der Waals surface area contributed by atoms with Crippen molar-refractivity contribution in [2.75, 3.05) is 12.4 Å². The van der Waals surface area contributed by atoms with Gasteiger partial charge in [0.2, 0.25) is 5.91 Å². The highest BCUT2D eigenvalue weighted by atomic mass is 32.1. The molecule has 2 rings (SSSR count). The summed E-state index contributed by atoms with van der Waals surface area (Å²) in [5.41, 5.74) is 1.61. The smallest absolute Gasteiger partial charge is 0.319 e.